The molecule has 4 amide bonds. The van der Waals surface area contributed by atoms with Crippen molar-refractivity contribution in [2.24, 2.45) is 17.4 Å². The summed E-state index contributed by atoms with van der Waals surface area (Å²) in [5.41, 5.74) is 10.8. The number of hydrogen-bond acceptors (Lipinski definition) is 8. The number of carboxylic acids is 2. The number of aliphatic hydroxyl groups excluding tert-OH is 1. The lowest BCUT2D eigenvalue weighted by Gasteiger charge is -2.25. The molecule has 0 aliphatic rings. The number of primary amides is 1. The molecule has 10 N–H and O–H groups in total. The van der Waals surface area contributed by atoms with Gasteiger partial charge < -0.3 is 42.7 Å². The fraction of sp³-hybridized carbons (Fsp3) is 0.684. The maximum atomic E-state index is 12.7. The number of aliphatic carboxylic acids is 2. The van der Waals surface area contributed by atoms with Gasteiger partial charge in [-0.15, -0.1) is 0 Å². The average Bonchev–Trinajstić information content (AvgIpc) is 2.66. The monoisotopic (exact) mass is 475 g/mol. The highest BCUT2D eigenvalue weighted by molar-refractivity contribution is 5.95. The van der Waals surface area contributed by atoms with Gasteiger partial charge >= 0.3 is 11.9 Å². The van der Waals surface area contributed by atoms with Gasteiger partial charge in [0, 0.05) is 6.42 Å². The van der Waals surface area contributed by atoms with Crippen LogP contribution in [0.4, 0.5) is 0 Å². The highest BCUT2D eigenvalue weighted by Crippen LogP contribution is 2.06. The van der Waals surface area contributed by atoms with Crippen molar-refractivity contribution in [2.75, 3.05) is 0 Å². The van der Waals surface area contributed by atoms with E-state index in [0.29, 0.717) is 0 Å². The normalized spacial score (nSPS) is 15.5. The second kappa shape index (κ2) is 14.0. The average molecular weight is 475 g/mol. The molecule has 188 valence electrons. The summed E-state index contributed by atoms with van der Waals surface area (Å²) in [6, 6.07) is -5.84. The van der Waals surface area contributed by atoms with Crippen LogP contribution >= 0.6 is 0 Å². The Kier molecular flexibility index (Phi) is 12.6. The first-order chi connectivity index (χ1) is 15.1. The van der Waals surface area contributed by atoms with Crippen LogP contribution in [0.3, 0.4) is 0 Å². The SMILES string of the molecule is CC(C)CC(N)C(=O)NC(CC(=O)O)C(=O)NC(CCC(N)=O)C(=O)NC(C(=O)O)C(C)O. The summed E-state index contributed by atoms with van der Waals surface area (Å²) in [4.78, 5) is 71.0. The molecule has 0 aromatic carbocycles. The number of carbonyl (C=O) groups excluding carboxylic acids is 4. The van der Waals surface area contributed by atoms with Crippen molar-refractivity contribution in [2.45, 2.75) is 76.7 Å². The Hall–Kier alpha value is -3.26. The summed E-state index contributed by atoms with van der Waals surface area (Å²) >= 11 is 0. The van der Waals surface area contributed by atoms with E-state index < -0.39 is 72.3 Å². The minimum absolute atomic E-state index is 0.0514. The quantitative estimate of drug-likeness (QED) is 0.119. The Bertz CT molecular complexity index is 741. The largest absolute Gasteiger partial charge is 0.481 e. The minimum atomic E-state index is -1.71. The fourth-order valence-corrected chi connectivity index (χ4v) is 2.75. The molecule has 0 spiro atoms. The molecule has 0 aromatic heterocycles. The molecule has 0 heterocycles. The maximum Gasteiger partial charge on any atom is 0.328 e. The van der Waals surface area contributed by atoms with Crippen LogP contribution in [-0.4, -0.2) is 81.2 Å². The Balaban J connectivity index is 5.58. The van der Waals surface area contributed by atoms with Gasteiger partial charge in [0.05, 0.1) is 18.6 Å². The molecule has 0 fully saturated rings. The van der Waals surface area contributed by atoms with Crippen molar-refractivity contribution in [1.29, 1.82) is 0 Å². The summed E-state index contributed by atoms with van der Waals surface area (Å²) < 4.78 is 0. The van der Waals surface area contributed by atoms with Crippen LogP contribution in [-0.2, 0) is 28.8 Å². The highest BCUT2D eigenvalue weighted by atomic mass is 16.4. The molecule has 0 aliphatic heterocycles. The Morgan fingerprint density at radius 3 is 1.79 bits per heavy atom. The van der Waals surface area contributed by atoms with Gasteiger partial charge in [0.25, 0.3) is 0 Å². The number of rotatable bonds is 15. The van der Waals surface area contributed by atoms with Gasteiger partial charge in [0.1, 0.15) is 12.1 Å². The standard InChI is InChI=1S/C19H33N5O9/c1-8(2)6-10(20)16(29)23-12(7-14(27)28)18(31)22-11(4-5-13(21)26)17(30)24-15(9(3)25)19(32)33/h8-12,15,25H,4-7,20H2,1-3H3,(H2,21,26)(H,22,31)(H,23,29)(H,24,30)(H,27,28)(H,32,33). The molecule has 0 radical (unpaired) electrons. The molecule has 5 unspecified atom stereocenters. The second-order valence-electron chi connectivity index (χ2n) is 8.03. The minimum Gasteiger partial charge on any atom is -0.481 e. The van der Waals surface area contributed by atoms with Gasteiger partial charge in [-0.3, -0.25) is 24.0 Å². The maximum absolute atomic E-state index is 12.7. The van der Waals surface area contributed by atoms with Crippen molar-refractivity contribution in [1.82, 2.24) is 16.0 Å². The van der Waals surface area contributed by atoms with Crippen LogP contribution in [0.5, 0.6) is 0 Å². The van der Waals surface area contributed by atoms with Crippen LogP contribution in [0, 0.1) is 5.92 Å². The third kappa shape index (κ3) is 11.8. The Morgan fingerprint density at radius 2 is 1.36 bits per heavy atom. The van der Waals surface area contributed by atoms with E-state index in [1.807, 2.05) is 19.2 Å². The fourth-order valence-electron chi connectivity index (χ4n) is 2.75. The second-order valence-corrected chi connectivity index (χ2v) is 8.03. The lowest BCUT2D eigenvalue weighted by atomic mass is 10.0. The van der Waals surface area contributed by atoms with Crippen LogP contribution in [0.1, 0.15) is 46.5 Å². The highest BCUT2D eigenvalue weighted by Gasteiger charge is 2.32. The number of amides is 4. The molecule has 0 saturated heterocycles. The van der Waals surface area contributed by atoms with E-state index in [4.69, 9.17) is 21.7 Å². The third-order valence-electron chi connectivity index (χ3n) is 4.43. The van der Waals surface area contributed by atoms with Crippen LogP contribution < -0.4 is 27.4 Å². The number of carbonyl (C=O) groups is 6. The number of hydrogen-bond donors (Lipinski definition) is 8. The molecular formula is C19H33N5O9. The number of nitrogens with one attached hydrogen (secondary N) is 3. The van der Waals surface area contributed by atoms with E-state index in [9.17, 15) is 33.9 Å². The molecule has 14 heteroatoms. The van der Waals surface area contributed by atoms with Gasteiger partial charge in [-0.25, -0.2) is 4.79 Å². The zero-order chi connectivity index (χ0) is 25.9. The predicted molar refractivity (Wildman–Crippen MR) is 113 cm³/mol. The van der Waals surface area contributed by atoms with Crippen molar-refractivity contribution in [3.05, 3.63) is 0 Å². The van der Waals surface area contributed by atoms with E-state index in [1.54, 1.807) is 0 Å². The number of nitrogens with two attached hydrogens (primary N) is 2. The topological polar surface area (TPSA) is 251 Å². The molecule has 33 heavy (non-hydrogen) atoms. The molecule has 0 saturated carbocycles. The zero-order valence-electron chi connectivity index (χ0n) is 18.7. The van der Waals surface area contributed by atoms with Gasteiger partial charge in [0.2, 0.25) is 23.6 Å². The molecule has 0 bridgehead atoms. The number of aliphatic hydroxyl groups is 1. The number of carboxylic acid groups (broad SMARTS) is 2. The Morgan fingerprint density at radius 1 is 0.848 bits per heavy atom. The zero-order valence-corrected chi connectivity index (χ0v) is 18.7. The van der Waals surface area contributed by atoms with Crippen LogP contribution in [0.15, 0.2) is 0 Å². The molecule has 0 aliphatic carbocycles. The van der Waals surface area contributed by atoms with Gasteiger partial charge in [0.15, 0.2) is 6.04 Å². The van der Waals surface area contributed by atoms with Crippen LogP contribution in [0.2, 0.25) is 0 Å². The van der Waals surface area contributed by atoms with Crippen LogP contribution in [0.25, 0.3) is 0 Å². The van der Waals surface area contributed by atoms with Gasteiger partial charge in [-0.05, 0) is 25.7 Å². The van der Waals surface area contributed by atoms with E-state index in [0.717, 1.165) is 6.92 Å². The molecule has 0 rings (SSSR count). The van der Waals surface area contributed by atoms with E-state index in [2.05, 4.69) is 10.6 Å². The first kappa shape index (κ1) is 29.7. The molecule has 5 atom stereocenters. The van der Waals surface area contributed by atoms with Gasteiger partial charge in [-0.1, -0.05) is 13.8 Å². The summed E-state index contributed by atoms with van der Waals surface area (Å²) in [5, 5.41) is 34.2. The molecular weight excluding hydrogens is 442 g/mol. The molecule has 14 nitrogen and oxygen atoms in total. The first-order valence-electron chi connectivity index (χ1n) is 10.2. The van der Waals surface area contributed by atoms with Crippen molar-refractivity contribution >= 4 is 35.6 Å². The first-order valence-corrected chi connectivity index (χ1v) is 10.2. The van der Waals surface area contributed by atoms with Crippen molar-refractivity contribution in [3.63, 3.8) is 0 Å². The lowest BCUT2D eigenvalue weighted by molar-refractivity contribution is -0.145. The van der Waals surface area contributed by atoms with E-state index in [1.165, 1.54) is 0 Å². The molecule has 0 aromatic rings. The summed E-state index contributed by atoms with van der Waals surface area (Å²) in [6.45, 7) is 4.75. The third-order valence-corrected chi connectivity index (χ3v) is 4.43. The van der Waals surface area contributed by atoms with E-state index >= 15 is 0 Å². The summed E-state index contributed by atoms with van der Waals surface area (Å²) in [7, 11) is 0. The van der Waals surface area contributed by atoms with E-state index in [-0.39, 0.29) is 25.2 Å². The van der Waals surface area contributed by atoms with Gasteiger partial charge in [-0.2, -0.15) is 0 Å². The van der Waals surface area contributed by atoms with Crippen molar-refractivity contribution < 1.29 is 44.1 Å². The predicted octanol–water partition coefficient (Wildman–Crippen LogP) is -2.98. The summed E-state index contributed by atoms with van der Waals surface area (Å²) in [5.74, 6) is -6.65. The smallest absolute Gasteiger partial charge is 0.328 e. The lowest BCUT2D eigenvalue weighted by Crippen LogP contribution is -2.58. The summed E-state index contributed by atoms with van der Waals surface area (Å²) in [6.07, 6.45) is -2.77. The Labute approximate surface area is 190 Å². The van der Waals surface area contributed by atoms with Crippen molar-refractivity contribution in [3.8, 4) is 0 Å².